The zero-order chi connectivity index (χ0) is 11.4. The van der Waals surface area contributed by atoms with Crippen LogP contribution in [0.2, 0.25) is 0 Å². The van der Waals surface area contributed by atoms with E-state index < -0.39 is 0 Å². The van der Waals surface area contributed by atoms with Crippen LogP contribution in [0.3, 0.4) is 0 Å². The lowest BCUT2D eigenvalue weighted by Gasteiger charge is -2.07. The van der Waals surface area contributed by atoms with Gasteiger partial charge in [0.2, 0.25) is 0 Å². The van der Waals surface area contributed by atoms with Gasteiger partial charge in [-0.3, -0.25) is 0 Å². The van der Waals surface area contributed by atoms with Gasteiger partial charge in [-0.15, -0.1) is 0 Å². The molecule has 0 atom stereocenters. The third kappa shape index (κ3) is 2.47. The van der Waals surface area contributed by atoms with Crippen LogP contribution < -0.4 is 15.2 Å². The van der Waals surface area contributed by atoms with E-state index in [1.807, 2.05) is 12.1 Å². The number of hydrogen-bond acceptors (Lipinski definition) is 6. The molecule has 0 aliphatic rings. The van der Waals surface area contributed by atoms with Crippen molar-refractivity contribution in [3.63, 3.8) is 0 Å². The molecule has 1 aromatic carbocycles. The average molecular weight is 237 g/mol. The van der Waals surface area contributed by atoms with E-state index in [1.54, 1.807) is 13.2 Å². The van der Waals surface area contributed by atoms with Gasteiger partial charge >= 0.3 is 0 Å². The second-order valence-electron chi connectivity index (χ2n) is 3.03. The smallest absolute Gasteiger partial charge is 0.298 e. The fraction of sp³-hybridized carbons (Fsp3) is 0.200. The number of aromatic nitrogens is 2. The summed E-state index contributed by atoms with van der Waals surface area (Å²) in [6.07, 6.45) is 1.45. The minimum atomic E-state index is 0.434. The van der Waals surface area contributed by atoms with Crippen molar-refractivity contribution < 1.29 is 9.47 Å². The van der Waals surface area contributed by atoms with Crippen molar-refractivity contribution in [1.82, 2.24) is 9.36 Å². The maximum absolute atomic E-state index is 5.58. The maximum atomic E-state index is 5.58. The molecule has 0 saturated heterocycles. The number of nitrogens with zero attached hydrogens (tertiary/aromatic N) is 2. The summed E-state index contributed by atoms with van der Waals surface area (Å²) in [6, 6.07) is 5.50. The molecule has 5 nitrogen and oxygen atoms in total. The molecule has 0 amide bonds. The van der Waals surface area contributed by atoms with E-state index in [0.717, 1.165) is 5.56 Å². The number of ether oxygens (including phenoxy) is 2. The fourth-order valence-corrected chi connectivity index (χ4v) is 1.65. The summed E-state index contributed by atoms with van der Waals surface area (Å²) in [5.41, 5.74) is 6.52. The lowest BCUT2D eigenvalue weighted by Crippen LogP contribution is -1.97. The molecule has 0 bridgehead atoms. The molecule has 6 heteroatoms. The Bertz CT molecular complexity index is 437. The second kappa shape index (κ2) is 4.91. The molecule has 0 aliphatic carbocycles. The van der Waals surface area contributed by atoms with Crippen molar-refractivity contribution in [3.05, 3.63) is 30.1 Å². The molecule has 0 spiro atoms. The van der Waals surface area contributed by atoms with Gasteiger partial charge in [0.1, 0.15) is 17.8 Å². The van der Waals surface area contributed by atoms with Crippen LogP contribution in [0.4, 0.5) is 0 Å². The van der Waals surface area contributed by atoms with Crippen LogP contribution in [0.1, 0.15) is 5.56 Å². The third-order valence-electron chi connectivity index (χ3n) is 1.96. The molecule has 84 valence electrons. The van der Waals surface area contributed by atoms with Crippen molar-refractivity contribution in [2.75, 3.05) is 7.11 Å². The van der Waals surface area contributed by atoms with Crippen LogP contribution in [0, 0.1) is 0 Å². The molecule has 0 saturated carbocycles. The SMILES string of the molecule is COc1cc(CN)cc(Oc2ncns2)c1. The van der Waals surface area contributed by atoms with Crippen LogP contribution in [-0.4, -0.2) is 16.5 Å². The Morgan fingerprint density at radius 3 is 2.75 bits per heavy atom. The average Bonchev–Trinajstić information content (AvgIpc) is 2.81. The zero-order valence-electron chi connectivity index (χ0n) is 8.71. The number of hydrogen-bond donors (Lipinski definition) is 1. The molecule has 2 rings (SSSR count). The number of methoxy groups -OCH3 is 1. The van der Waals surface area contributed by atoms with Crippen molar-refractivity contribution in [1.29, 1.82) is 0 Å². The lowest BCUT2D eigenvalue weighted by atomic mass is 10.2. The number of benzene rings is 1. The van der Waals surface area contributed by atoms with Crippen LogP contribution in [0.15, 0.2) is 24.5 Å². The zero-order valence-corrected chi connectivity index (χ0v) is 9.53. The Morgan fingerprint density at radius 2 is 2.12 bits per heavy atom. The predicted molar refractivity (Wildman–Crippen MR) is 60.9 cm³/mol. The molecular weight excluding hydrogens is 226 g/mol. The summed E-state index contributed by atoms with van der Waals surface area (Å²) in [6.45, 7) is 0.434. The Hall–Kier alpha value is -1.66. The first-order valence-electron chi connectivity index (χ1n) is 4.64. The molecule has 1 aromatic heterocycles. The molecule has 2 aromatic rings. The van der Waals surface area contributed by atoms with Gasteiger partial charge in [0.15, 0.2) is 0 Å². The van der Waals surface area contributed by atoms with Crippen LogP contribution >= 0.6 is 11.5 Å². The number of nitrogens with two attached hydrogens (primary N) is 1. The molecule has 16 heavy (non-hydrogen) atoms. The Kier molecular flexibility index (Phi) is 3.33. The minimum Gasteiger partial charge on any atom is -0.497 e. The van der Waals surface area contributed by atoms with E-state index in [9.17, 15) is 0 Å². The highest BCUT2D eigenvalue weighted by Gasteiger charge is 2.04. The molecule has 0 fully saturated rings. The van der Waals surface area contributed by atoms with Gasteiger partial charge in [-0.2, -0.15) is 9.36 Å². The number of rotatable bonds is 4. The Balaban J connectivity index is 2.26. The van der Waals surface area contributed by atoms with E-state index in [0.29, 0.717) is 23.2 Å². The maximum Gasteiger partial charge on any atom is 0.298 e. The van der Waals surface area contributed by atoms with Gasteiger partial charge in [0.05, 0.1) is 7.11 Å². The molecule has 0 radical (unpaired) electrons. The van der Waals surface area contributed by atoms with Gasteiger partial charge in [-0.05, 0) is 17.7 Å². The highest BCUT2D eigenvalue weighted by Crippen LogP contribution is 2.27. The molecule has 0 aliphatic heterocycles. The van der Waals surface area contributed by atoms with E-state index in [2.05, 4.69) is 9.36 Å². The summed E-state index contributed by atoms with van der Waals surface area (Å²) in [4.78, 5) is 3.94. The van der Waals surface area contributed by atoms with E-state index in [4.69, 9.17) is 15.2 Å². The third-order valence-corrected chi connectivity index (χ3v) is 2.50. The van der Waals surface area contributed by atoms with Gasteiger partial charge < -0.3 is 15.2 Å². The summed E-state index contributed by atoms with van der Waals surface area (Å²) in [7, 11) is 1.60. The van der Waals surface area contributed by atoms with Gasteiger partial charge in [-0.25, -0.2) is 0 Å². The van der Waals surface area contributed by atoms with Crippen LogP contribution in [-0.2, 0) is 6.54 Å². The van der Waals surface area contributed by atoms with Crippen molar-refractivity contribution >= 4 is 11.5 Å². The Morgan fingerprint density at radius 1 is 1.31 bits per heavy atom. The quantitative estimate of drug-likeness (QED) is 0.878. The normalized spacial score (nSPS) is 10.1. The van der Waals surface area contributed by atoms with E-state index >= 15 is 0 Å². The van der Waals surface area contributed by atoms with E-state index in [1.165, 1.54) is 17.9 Å². The second-order valence-corrected chi connectivity index (χ2v) is 3.77. The first kappa shape index (κ1) is 10.8. The first-order valence-corrected chi connectivity index (χ1v) is 5.41. The molecule has 0 unspecified atom stereocenters. The first-order chi connectivity index (χ1) is 7.81. The predicted octanol–water partition coefficient (Wildman–Crippen LogP) is 1.80. The largest absolute Gasteiger partial charge is 0.497 e. The van der Waals surface area contributed by atoms with Crippen molar-refractivity contribution in [3.8, 4) is 16.7 Å². The van der Waals surface area contributed by atoms with Crippen molar-refractivity contribution in [2.45, 2.75) is 6.54 Å². The summed E-state index contributed by atoms with van der Waals surface area (Å²) < 4.78 is 14.5. The minimum absolute atomic E-state index is 0.434. The summed E-state index contributed by atoms with van der Waals surface area (Å²) in [5, 5.41) is 0.497. The highest BCUT2D eigenvalue weighted by atomic mass is 32.1. The summed E-state index contributed by atoms with van der Waals surface area (Å²) in [5.74, 6) is 1.36. The lowest BCUT2D eigenvalue weighted by molar-refractivity contribution is 0.408. The highest BCUT2D eigenvalue weighted by molar-refractivity contribution is 7.07. The van der Waals surface area contributed by atoms with Crippen LogP contribution in [0.25, 0.3) is 0 Å². The van der Waals surface area contributed by atoms with E-state index in [-0.39, 0.29) is 0 Å². The van der Waals surface area contributed by atoms with Gasteiger partial charge in [0.25, 0.3) is 5.19 Å². The topological polar surface area (TPSA) is 70.3 Å². The molecule has 2 N–H and O–H groups in total. The van der Waals surface area contributed by atoms with Crippen molar-refractivity contribution in [2.24, 2.45) is 5.73 Å². The Labute approximate surface area is 97.0 Å². The molecule has 1 heterocycles. The van der Waals surface area contributed by atoms with Gasteiger partial charge in [0, 0.05) is 24.1 Å². The standard InChI is InChI=1S/C10H11N3O2S/c1-14-8-2-7(5-11)3-9(4-8)15-10-12-6-13-16-10/h2-4,6H,5,11H2,1H3. The fourth-order valence-electron chi connectivity index (χ4n) is 1.23. The van der Waals surface area contributed by atoms with Gasteiger partial charge in [-0.1, -0.05) is 0 Å². The molecular formula is C10H11N3O2S. The van der Waals surface area contributed by atoms with Crippen LogP contribution in [0.5, 0.6) is 16.7 Å². The monoisotopic (exact) mass is 237 g/mol. The summed E-state index contributed by atoms with van der Waals surface area (Å²) >= 11 is 1.19.